The van der Waals surface area contributed by atoms with Crippen LogP contribution >= 0.6 is 0 Å². The molecule has 1 aliphatic rings. The van der Waals surface area contributed by atoms with Crippen LogP contribution in [0, 0.1) is 5.82 Å². The molecule has 1 aliphatic carbocycles. The van der Waals surface area contributed by atoms with Crippen molar-refractivity contribution >= 4 is 23.5 Å². The molecule has 3 N–H and O–H groups in total. The van der Waals surface area contributed by atoms with Crippen molar-refractivity contribution in [2.24, 2.45) is 5.73 Å². The molecule has 0 saturated heterocycles. The van der Waals surface area contributed by atoms with E-state index in [2.05, 4.69) is 15.3 Å². The van der Waals surface area contributed by atoms with Crippen LogP contribution in [0.15, 0.2) is 36.2 Å². The van der Waals surface area contributed by atoms with Crippen molar-refractivity contribution in [3.63, 3.8) is 0 Å². The van der Waals surface area contributed by atoms with E-state index in [0.29, 0.717) is 30.2 Å². The molecule has 7 heteroatoms. The van der Waals surface area contributed by atoms with Crippen LogP contribution in [0.5, 0.6) is 0 Å². The molecule has 1 atom stereocenters. The Labute approximate surface area is 144 Å². The van der Waals surface area contributed by atoms with Crippen LogP contribution in [0.2, 0.25) is 0 Å². The number of ketones is 1. The topological polar surface area (TPSA) is 80.9 Å². The van der Waals surface area contributed by atoms with E-state index in [1.165, 1.54) is 12.1 Å². The van der Waals surface area contributed by atoms with Crippen molar-refractivity contribution in [3.8, 4) is 0 Å². The van der Waals surface area contributed by atoms with Gasteiger partial charge in [-0.25, -0.2) is 14.4 Å². The monoisotopic (exact) mass is 344 g/mol. The average molecular weight is 344 g/mol. The molecule has 5 nitrogen and oxygen atoms in total. The number of alkyl halides is 1. The number of hydrogen-bond donors (Lipinski definition) is 2. The van der Waals surface area contributed by atoms with Gasteiger partial charge in [-0.05, 0) is 53.9 Å². The van der Waals surface area contributed by atoms with Crippen LogP contribution in [0.25, 0.3) is 6.08 Å². The van der Waals surface area contributed by atoms with Gasteiger partial charge >= 0.3 is 0 Å². The average Bonchev–Trinajstić information content (AvgIpc) is 2.61. The maximum absolute atomic E-state index is 12.9. The third-order valence-corrected chi connectivity index (χ3v) is 4.11. The first-order valence-corrected chi connectivity index (χ1v) is 8.01. The molecule has 0 aromatic carbocycles. The largest absolute Gasteiger partial charge is 0.330 e. The molecule has 0 fully saturated rings. The number of pyridine rings is 2. The lowest BCUT2D eigenvalue weighted by Crippen LogP contribution is -2.23. The standard InChI is InChI=1S/C18H18F2N4O/c19-5-3-11-7-12-9-22-17(24-16-2-1-13(20)10-23-16)8-15(12)14(4-6-21)18(11)25/h1-2,7-10,14H,3-6,21H2,(H,22,23,24). The molecule has 0 aliphatic heterocycles. The smallest absolute Gasteiger partial charge is 0.166 e. The molecule has 130 valence electrons. The number of Topliss-reactive ketones (excluding diaryl/α,β-unsaturated/α-hetero) is 1. The van der Waals surface area contributed by atoms with Crippen molar-refractivity contribution in [2.45, 2.75) is 18.8 Å². The highest BCUT2D eigenvalue weighted by molar-refractivity contribution is 6.06. The highest BCUT2D eigenvalue weighted by Crippen LogP contribution is 2.35. The molecule has 3 rings (SSSR count). The fourth-order valence-electron chi connectivity index (χ4n) is 2.93. The van der Waals surface area contributed by atoms with Gasteiger partial charge in [0.25, 0.3) is 0 Å². The summed E-state index contributed by atoms with van der Waals surface area (Å²) in [6, 6.07) is 4.56. The highest BCUT2D eigenvalue weighted by atomic mass is 19.1. The number of allylic oxidation sites excluding steroid dienone is 1. The Bertz CT molecular complexity index is 805. The number of halogens is 2. The Morgan fingerprint density at radius 2 is 2.00 bits per heavy atom. The summed E-state index contributed by atoms with van der Waals surface area (Å²) in [5, 5.41) is 2.98. The number of aromatic nitrogens is 2. The number of fused-ring (bicyclic) bond motifs is 1. The number of nitrogens with one attached hydrogen (secondary N) is 1. The number of anilines is 2. The number of carbonyl (C=O) groups excluding carboxylic acids is 1. The van der Waals surface area contributed by atoms with Crippen LogP contribution in [-0.4, -0.2) is 29.0 Å². The zero-order chi connectivity index (χ0) is 17.8. The lowest BCUT2D eigenvalue weighted by atomic mass is 9.80. The molecule has 0 radical (unpaired) electrons. The zero-order valence-corrected chi connectivity index (χ0v) is 13.5. The Hall–Kier alpha value is -2.67. The number of nitrogens with zero attached hydrogens (tertiary/aromatic N) is 2. The summed E-state index contributed by atoms with van der Waals surface area (Å²) in [6.07, 6.45) is 5.01. The minimum absolute atomic E-state index is 0.0901. The number of carbonyl (C=O) groups is 1. The molecular formula is C18H18F2N4O. The zero-order valence-electron chi connectivity index (χ0n) is 13.5. The van der Waals surface area contributed by atoms with E-state index in [4.69, 9.17) is 5.73 Å². The maximum Gasteiger partial charge on any atom is 0.166 e. The Balaban J connectivity index is 1.94. The minimum Gasteiger partial charge on any atom is -0.330 e. The highest BCUT2D eigenvalue weighted by Gasteiger charge is 2.29. The van der Waals surface area contributed by atoms with Crippen molar-refractivity contribution in [2.75, 3.05) is 18.5 Å². The lowest BCUT2D eigenvalue weighted by molar-refractivity contribution is -0.117. The van der Waals surface area contributed by atoms with Crippen LogP contribution in [0.4, 0.5) is 20.4 Å². The van der Waals surface area contributed by atoms with Gasteiger partial charge in [-0.2, -0.15) is 0 Å². The van der Waals surface area contributed by atoms with Gasteiger partial charge in [0.1, 0.15) is 17.5 Å². The van der Waals surface area contributed by atoms with E-state index < -0.39 is 18.4 Å². The van der Waals surface area contributed by atoms with E-state index in [0.717, 1.165) is 17.3 Å². The maximum atomic E-state index is 12.9. The first kappa shape index (κ1) is 17.2. The first-order valence-electron chi connectivity index (χ1n) is 8.01. The molecule has 2 aromatic heterocycles. The molecule has 0 spiro atoms. The second kappa shape index (κ2) is 7.48. The summed E-state index contributed by atoms with van der Waals surface area (Å²) in [7, 11) is 0. The van der Waals surface area contributed by atoms with Crippen LogP contribution in [-0.2, 0) is 4.79 Å². The summed E-state index contributed by atoms with van der Waals surface area (Å²) in [5.41, 5.74) is 7.71. The van der Waals surface area contributed by atoms with Gasteiger partial charge in [0.2, 0.25) is 0 Å². The number of rotatable bonds is 6. The minimum atomic E-state index is -0.578. The van der Waals surface area contributed by atoms with Crippen molar-refractivity contribution in [1.29, 1.82) is 0 Å². The van der Waals surface area contributed by atoms with Gasteiger partial charge in [-0.3, -0.25) is 9.18 Å². The second-order valence-electron chi connectivity index (χ2n) is 5.79. The van der Waals surface area contributed by atoms with E-state index in [1.807, 2.05) is 0 Å². The van der Waals surface area contributed by atoms with E-state index >= 15 is 0 Å². The van der Waals surface area contributed by atoms with E-state index in [-0.39, 0.29) is 12.2 Å². The molecule has 0 amide bonds. The van der Waals surface area contributed by atoms with Gasteiger partial charge in [-0.1, -0.05) is 0 Å². The molecule has 1 unspecified atom stereocenters. The van der Waals surface area contributed by atoms with Crippen molar-refractivity contribution in [3.05, 3.63) is 53.1 Å². The predicted octanol–water partition coefficient (Wildman–Crippen LogP) is 3.12. The van der Waals surface area contributed by atoms with Gasteiger partial charge < -0.3 is 11.1 Å². The van der Waals surface area contributed by atoms with E-state index in [9.17, 15) is 13.6 Å². The summed E-state index contributed by atoms with van der Waals surface area (Å²) >= 11 is 0. The quantitative estimate of drug-likeness (QED) is 0.841. The normalized spacial score (nSPS) is 16.4. The summed E-state index contributed by atoms with van der Waals surface area (Å²) in [5.74, 6) is 0.0158. The fourth-order valence-corrected chi connectivity index (χ4v) is 2.93. The van der Waals surface area contributed by atoms with Crippen LogP contribution in [0.1, 0.15) is 29.9 Å². The summed E-state index contributed by atoms with van der Waals surface area (Å²) in [6.45, 7) is -0.227. The lowest BCUT2D eigenvalue weighted by Gasteiger charge is -2.24. The van der Waals surface area contributed by atoms with E-state index in [1.54, 1.807) is 18.3 Å². The molecule has 2 aromatic rings. The first-order chi connectivity index (χ1) is 12.1. The second-order valence-corrected chi connectivity index (χ2v) is 5.79. The molecule has 25 heavy (non-hydrogen) atoms. The van der Waals surface area contributed by atoms with Crippen molar-refractivity contribution < 1.29 is 13.6 Å². The fraction of sp³-hybridized carbons (Fsp3) is 0.278. The third kappa shape index (κ3) is 3.71. The summed E-state index contributed by atoms with van der Waals surface area (Å²) < 4.78 is 25.6. The molecule has 0 bridgehead atoms. The predicted molar refractivity (Wildman–Crippen MR) is 91.7 cm³/mol. The molecule has 0 saturated carbocycles. The van der Waals surface area contributed by atoms with Crippen molar-refractivity contribution in [1.82, 2.24) is 9.97 Å². The van der Waals surface area contributed by atoms with Gasteiger partial charge in [0.15, 0.2) is 5.78 Å². The Morgan fingerprint density at radius 1 is 1.20 bits per heavy atom. The van der Waals surface area contributed by atoms with Crippen LogP contribution in [0.3, 0.4) is 0 Å². The Morgan fingerprint density at radius 3 is 2.68 bits per heavy atom. The Kier molecular flexibility index (Phi) is 5.14. The van der Waals surface area contributed by atoms with Gasteiger partial charge in [0, 0.05) is 18.5 Å². The summed E-state index contributed by atoms with van der Waals surface area (Å²) in [4.78, 5) is 20.8. The van der Waals surface area contributed by atoms with Gasteiger partial charge in [-0.15, -0.1) is 0 Å². The van der Waals surface area contributed by atoms with Gasteiger partial charge in [0.05, 0.1) is 12.9 Å². The van der Waals surface area contributed by atoms with Crippen LogP contribution < -0.4 is 11.1 Å². The number of nitrogens with two attached hydrogens (primary N) is 1. The third-order valence-electron chi connectivity index (χ3n) is 4.11. The molecule has 2 heterocycles. The number of hydrogen-bond acceptors (Lipinski definition) is 5. The SMILES string of the molecule is NCCC1C(=O)C(CCF)=Cc2cnc(Nc3ccc(F)cn3)cc21. The molecular weight excluding hydrogens is 326 g/mol.